The number of benzene rings is 1. The molecule has 0 saturated heterocycles. The van der Waals surface area contributed by atoms with Crippen molar-refractivity contribution in [3.63, 3.8) is 0 Å². The Hall–Kier alpha value is -0.880. The molecule has 3 nitrogen and oxygen atoms in total. The van der Waals surface area contributed by atoms with Crippen molar-refractivity contribution >= 4 is 50.5 Å². The molecule has 0 saturated carbocycles. The lowest BCUT2D eigenvalue weighted by atomic mass is 10.2. The number of nitrogens with one attached hydrogen (secondary N) is 1. The zero-order valence-corrected chi connectivity index (χ0v) is 12.3. The van der Waals surface area contributed by atoms with Crippen LogP contribution >= 0.6 is 38.9 Å². The van der Waals surface area contributed by atoms with Gasteiger partial charge in [-0.3, -0.25) is 4.79 Å². The van der Waals surface area contributed by atoms with Crippen molar-refractivity contribution in [3.05, 3.63) is 50.1 Å². The van der Waals surface area contributed by atoms with Crippen LogP contribution in [0.1, 0.15) is 10.9 Å². The molecule has 0 bridgehead atoms. The third kappa shape index (κ3) is 3.11. The summed E-state index contributed by atoms with van der Waals surface area (Å²) in [6.07, 6.45) is 0. The third-order valence-corrected chi connectivity index (χ3v) is 4.17. The Morgan fingerprint density at radius 1 is 1.44 bits per heavy atom. The zero-order valence-electron chi connectivity index (χ0n) is 9.19. The first-order chi connectivity index (χ1) is 8.58. The average molecular weight is 346 g/mol. The van der Waals surface area contributed by atoms with Crippen LogP contribution in [0.15, 0.2) is 40.2 Å². The lowest BCUT2D eigenvalue weighted by Crippen LogP contribution is -2.27. The monoisotopic (exact) mass is 344 g/mol. The summed E-state index contributed by atoms with van der Waals surface area (Å²) in [6.45, 7) is 0. The molecule has 0 spiro atoms. The lowest BCUT2D eigenvalue weighted by Gasteiger charge is -2.12. The van der Waals surface area contributed by atoms with E-state index in [4.69, 9.17) is 17.3 Å². The van der Waals surface area contributed by atoms with Gasteiger partial charge in [-0.05, 0) is 45.6 Å². The molecule has 94 valence electrons. The summed E-state index contributed by atoms with van der Waals surface area (Å²) in [5.74, 6) is -0.250. The number of rotatable bonds is 3. The van der Waals surface area contributed by atoms with E-state index >= 15 is 0 Å². The molecule has 1 atom stereocenters. The minimum atomic E-state index is -0.660. The van der Waals surface area contributed by atoms with E-state index in [9.17, 15) is 4.79 Å². The second kappa shape index (κ2) is 5.84. The van der Waals surface area contributed by atoms with Crippen molar-refractivity contribution in [2.45, 2.75) is 6.04 Å². The van der Waals surface area contributed by atoms with Crippen LogP contribution in [0.25, 0.3) is 0 Å². The molecule has 2 rings (SSSR count). The average Bonchev–Trinajstić information content (AvgIpc) is 2.85. The smallest absolute Gasteiger partial charge is 0.246 e. The number of carbonyl (C=O) groups is 1. The van der Waals surface area contributed by atoms with Crippen LogP contribution in [0.2, 0.25) is 5.02 Å². The Bertz CT molecular complexity index is 559. The first kappa shape index (κ1) is 13.5. The van der Waals surface area contributed by atoms with E-state index in [1.54, 1.807) is 18.2 Å². The fraction of sp³-hybridized carbons (Fsp3) is 0.0833. The zero-order chi connectivity index (χ0) is 13.1. The van der Waals surface area contributed by atoms with Crippen LogP contribution < -0.4 is 11.1 Å². The number of anilines is 1. The highest BCUT2D eigenvalue weighted by atomic mass is 79.9. The second-order valence-corrected chi connectivity index (χ2v) is 5.88. The summed E-state index contributed by atoms with van der Waals surface area (Å²) >= 11 is 10.6. The second-order valence-electron chi connectivity index (χ2n) is 3.61. The predicted octanol–water partition coefficient (Wildman–Crippen LogP) is 3.80. The van der Waals surface area contributed by atoms with Crippen LogP contribution in [0.5, 0.6) is 0 Å². The lowest BCUT2D eigenvalue weighted by molar-refractivity contribution is -0.117. The molecular formula is C12H10BrClN2OS. The summed E-state index contributed by atoms with van der Waals surface area (Å²) in [7, 11) is 0. The van der Waals surface area contributed by atoms with Crippen molar-refractivity contribution in [1.82, 2.24) is 0 Å². The normalized spacial score (nSPS) is 12.2. The molecular weight excluding hydrogens is 336 g/mol. The molecule has 1 aromatic carbocycles. The van der Waals surface area contributed by atoms with Gasteiger partial charge < -0.3 is 11.1 Å². The quantitative estimate of drug-likeness (QED) is 0.889. The van der Waals surface area contributed by atoms with Gasteiger partial charge in [-0.2, -0.15) is 0 Å². The maximum atomic E-state index is 12.0. The third-order valence-electron chi connectivity index (χ3n) is 2.32. The van der Waals surface area contributed by atoms with Gasteiger partial charge in [0.05, 0.1) is 5.69 Å². The van der Waals surface area contributed by atoms with E-state index in [0.29, 0.717) is 10.7 Å². The number of thiophene rings is 1. The maximum absolute atomic E-state index is 12.0. The van der Waals surface area contributed by atoms with Crippen LogP contribution in [0.4, 0.5) is 5.69 Å². The molecule has 3 N–H and O–H groups in total. The Balaban J connectivity index is 2.12. The predicted molar refractivity (Wildman–Crippen MR) is 79.0 cm³/mol. The van der Waals surface area contributed by atoms with Crippen molar-refractivity contribution < 1.29 is 4.79 Å². The van der Waals surface area contributed by atoms with E-state index in [1.807, 2.05) is 17.5 Å². The van der Waals surface area contributed by atoms with E-state index in [0.717, 1.165) is 9.35 Å². The molecule has 0 aliphatic carbocycles. The largest absolute Gasteiger partial charge is 0.323 e. The van der Waals surface area contributed by atoms with Gasteiger partial charge >= 0.3 is 0 Å². The molecule has 1 amide bonds. The molecule has 1 aromatic heterocycles. The van der Waals surface area contributed by atoms with Gasteiger partial charge in [0, 0.05) is 14.4 Å². The summed E-state index contributed by atoms with van der Waals surface area (Å²) in [5.41, 5.74) is 6.52. The maximum Gasteiger partial charge on any atom is 0.246 e. The fourth-order valence-electron chi connectivity index (χ4n) is 1.40. The van der Waals surface area contributed by atoms with Gasteiger partial charge in [-0.1, -0.05) is 17.7 Å². The van der Waals surface area contributed by atoms with Crippen molar-refractivity contribution in [3.8, 4) is 0 Å². The summed E-state index contributed by atoms with van der Waals surface area (Å²) in [4.78, 5) is 12.8. The van der Waals surface area contributed by atoms with Gasteiger partial charge in [0.1, 0.15) is 6.04 Å². The highest BCUT2D eigenvalue weighted by Gasteiger charge is 2.17. The molecule has 0 radical (unpaired) electrons. The first-order valence-corrected chi connectivity index (χ1v) is 7.18. The molecule has 0 aliphatic rings. The molecule has 18 heavy (non-hydrogen) atoms. The topological polar surface area (TPSA) is 55.1 Å². The van der Waals surface area contributed by atoms with Gasteiger partial charge in [-0.15, -0.1) is 11.3 Å². The SMILES string of the molecule is NC(C(=O)Nc1ccc(Cl)cc1Br)c1cccs1. The Labute approximate surface area is 122 Å². The molecule has 0 fully saturated rings. The van der Waals surface area contributed by atoms with Gasteiger partial charge in [-0.25, -0.2) is 0 Å². The highest BCUT2D eigenvalue weighted by Crippen LogP contribution is 2.27. The number of amides is 1. The summed E-state index contributed by atoms with van der Waals surface area (Å²) in [5, 5.41) is 5.25. The minimum Gasteiger partial charge on any atom is -0.323 e. The molecule has 1 heterocycles. The van der Waals surface area contributed by atoms with E-state index in [1.165, 1.54) is 11.3 Å². The highest BCUT2D eigenvalue weighted by molar-refractivity contribution is 9.10. The van der Waals surface area contributed by atoms with Gasteiger partial charge in [0.15, 0.2) is 0 Å². The summed E-state index contributed by atoms with van der Waals surface area (Å²) < 4.78 is 0.724. The van der Waals surface area contributed by atoms with Gasteiger partial charge in [0.2, 0.25) is 5.91 Å². The van der Waals surface area contributed by atoms with E-state index in [2.05, 4.69) is 21.2 Å². The van der Waals surface area contributed by atoms with Crippen LogP contribution in [-0.2, 0) is 4.79 Å². The Morgan fingerprint density at radius 2 is 2.22 bits per heavy atom. The molecule has 2 aromatic rings. The van der Waals surface area contributed by atoms with Crippen molar-refractivity contribution in [2.24, 2.45) is 5.73 Å². The molecule has 0 aliphatic heterocycles. The van der Waals surface area contributed by atoms with Crippen LogP contribution in [0, 0.1) is 0 Å². The van der Waals surface area contributed by atoms with E-state index < -0.39 is 6.04 Å². The van der Waals surface area contributed by atoms with Crippen LogP contribution in [-0.4, -0.2) is 5.91 Å². The summed E-state index contributed by atoms with van der Waals surface area (Å²) in [6, 6.07) is 8.20. The Kier molecular flexibility index (Phi) is 4.40. The van der Waals surface area contributed by atoms with Crippen LogP contribution in [0.3, 0.4) is 0 Å². The number of hydrogen-bond donors (Lipinski definition) is 2. The minimum absolute atomic E-state index is 0.250. The molecule has 1 unspecified atom stereocenters. The van der Waals surface area contributed by atoms with Gasteiger partial charge in [0.25, 0.3) is 0 Å². The number of carbonyl (C=O) groups excluding carboxylic acids is 1. The van der Waals surface area contributed by atoms with Crippen molar-refractivity contribution in [1.29, 1.82) is 0 Å². The number of halogens is 2. The standard InChI is InChI=1S/C12H10BrClN2OS/c13-8-6-7(14)3-4-9(8)16-12(17)11(15)10-2-1-5-18-10/h1-6,11H,15H2,(H,16,17). The number of nitrogens with two attached hydrogens (primary N) is 1. The molecule has 6 heteroatoms. The van der Waals surface area contributed by atoms with Crippen molar-refractivity contribution in [2.75, 3.05) is 5.32 Å². The fourth-order valence-corrected chi connectivity index (χ4v) is 2.91. The van der Waals surface area contributed by atoms with E-state index in [-0.39, 0.29) is 5.91 Å². The number of hydrogen-bond acceptors (Lipinski definition) is 3. The Morgan fingerprint density at radius 3 is 2.83 bits per heavy atom. The first-order valence-electron chi connectivity index (χ1n) is 5.13.